The van der Waals surface area contributed by atoms with Gasteiger partial charge in [0.05, 0.1) is 0 Å². The highest BCUT2D eigenvalue weighted by Crippen LogP contribution is 2.30. The summed E-state index contributed by atoms with van der Waals surface area (Å²) in [6.45, 7) is 0. The van der Waals surface area contributed by atoms with Gasteiger partial charge >= 0.3 is 0 Å². The van der Waals surface area contributed by atoms with E-state index in [1.165, 1.54) is 12.1 Å². The quantitative estimate of drug-likeness (QED) is 0.544. The van der Waals surface area contributed by atoms with Crippen molar-refractivity contribution in [2.24, 2.45) is 0 Å². The molecule has 0 aliphatic heterocycles. The topological polar surface area (TPSA) is 17.1 Å². The minimum atomic E-state index is -1.99. The minimum Gasteiger partial charge on any atom is -0.289 e. The van der Waals surface area contributed by atoms with E-state index in [0.717, 1.165) is 12.1 Å². The molecule has 1 aromatic carbocycles. The van der Waals surface area contributed by atoms with Gasteiger partial charge in [0.15, 0.2) is 0 Å². The second-order valence-electron chi connectivity index (χ2n) is 2.33. The summed E-state index contributed by atoms with van der Waals surface area (Å²) in [7, 11) is 0. The van der Waals surface area contributed by atoms with Crippen molar-refractivity contribution in [1.82, 2.24) is 0 Å². The number of ketones is 1. The van der Waals surface area contributed by atoms with Crippen LogP contribution in [-0.4, -0.2) is 9.58 Å². The lowest BCUT2D eigenvalue weighted by atomic mass is 10.1. The predicted molar refractivity (Wildman–Crippen MR) is 51.0 cm³/mol. The fraction of sp³-hybridized carbons (Fsp3) is 0.125. The molecule has 0 atom stereocenters. The fourth-order valence-electron chi connectivity index (χ4n) is 0.765. The molecular formula is C8H4Cl3FO. The van der Waals surface area contributed by atoms with Crippen molar-refractivity contribution in [2.75, 3.05) is 0 Å². The van der Waals surface area contributed by atoms with Gasteiger partial charge in [0.2, 0.25) is 5.78 Å². The van der Waals surface area contributed by atoms with Crippen LogP contribution in [0.4, 0.5) is 4.39 Å². The molecule has 1 aromatic rings. The highest BCUT2D eigenvalue weighted by molar-refractivity contribution is 6.77. The van der Waals surface area contributed by atoms with Gasteiger partial charge in [0.1, 0.15) is 5.82 Å². The maximum atomic E-state index is 12.4. The lowest BCUT2D eigenvalue weighted by molar-refractivity contribution is 0.0996. The van der Waals surface area contributed by atoms with Crippen LogP contribution in [0.5, 0.6) is 0 Å². The Labute approximate surface area is 89.4 Å². The monoisotopic (exact) mass is 240 g/mol. The Morgan fingerprint density at radius 3 is 2.00 bits per heavy atom. The van der Waals surface area contributed by atoms with Crippen LogP contribution in [-0.2, 0) is 0 Å². The molecule has 1 rings (SSSR count). The van der Waals surface area contributed by atoms with Crippen LogP contribution < -0.4 is 0 Å². The molecule has 5 heteroatoms. The number of carbonyl (C=O) groups excluding carboxylic acids is 1. The highest BCUT2D eigenvalue weighted by atomic mass is 35.6. The maximum absolute atomic E-state index is 12.4. The van der Waals surface area contributed by atoms with E-state index in [4.69, 9.17) is 34.8 Å². The van der Waals surface area contributed by atoms with Gasteiger partial charge in [-0.15, -0.1) is 0 Å². The van der Waals surface area contributed by atoms with E-state index in [1.54, 1.807) is 0 Å². The zero-order valence-corrected chi connectivity index (χ0v) is 8.50. The molecule has 0 heterocycles. The molecule has 0 spiro atoms. The Morgan fingerprint density at radius 2 is 1.62 bits per heavy atom. The van der Waals surface area contributed by atoms with Gasteiger partial charge in [-0.2, -0.15) is 0 Å². The van der Waals surface area contributed by atoms with Crippen LogP contribution in [0.2, 0.25) is 0 Å². The van der Waals surface area contributed by atoms with E-state index in [9.17, 15) is 9.18 Å². The zero-order chi connectivity index (χ0) is 10.1. The first-order valence-electron chi connectivity index (χ1n) is 3.28. The van der Waals surface area contributed by atoms with Crippen LogP contribution in [0.25, 0.3) is 0 Å². The second-order valence-corrected chi connectivity index (χ2v) is 4.62. The largest absolute Gasteiger partial charge is 0.289 e. The van der Waals surface area contributed by atoms with Crippen LogP contribution in [0.3, 0.4) is 0 Å². The normalized spacial score (nSPS) is 11.4. The molecule has 13 heavy (non-hydrogen) atoms. The van der Waals surface area contributed by atoms with Crippen molar-refractivity contribution in [3.63, 3.8) is 0 Å². The summed E-state index contributed by atoms with van der Waals surface area (Å²) in [4.78, 5) is 11.3. The van der Waals surface area contributed by atoms with E-state index in [2.05, 4.69) is 0 Å². The third-order valence-electron chi connectivity index (χ3n) is 1.36. The number of hydrogen-bond acceptors (Lipinski definition) is 1. The molecule has 0 aliphatic rings. The summed E-state index contributed by atoms with van der Waals surface area (Å²) in [5, 5.41) is 0. The number of benzene rings is 1. The number of rotatable bonds is 1. The number of alkyl halides is 3. The average Bonchev–Trinajstić information content (AvgIpc) is 2.03. The molecule has 0 fully saturated rings. The van der Waals surface area contributed by atoms with E-state index in [-0.39, 0.29) is 5.56 Å². The van der Waals surface area contributed by atoms with E-state index < -0.39 is 15.4 Å². The number of carbonyl (C=O) groups is 1. The lowest BCUT2D eigenvalue weighted by Crippen LogP contribution is -2.18. The molecule has 70 valence electrons. The lowest BCUT2D eigenvalue weighted by Gasteiger charge is -2.08. The Hall–Kier alpha value is -0.310. The Bertz CT molecular complexity index is 315. The van der Waals surface area contributed by atoms with Gasteiger partial charge in [-0.25, -0.2) is 4.39 Å². The standard InChI is InChI=1S/C8H4Cl3FO/c9-8(10,11)7(13)5-1-3-6(12)4-2-5/h1-4H. The van der Waals surface area contributed by atoms with Crippen LogP contribution in [0, 0.1) is 5.82 Å². The second kappa shape index (κ2) is 3.82. The Morgan fingerprint density at radius 1 is 1.15 bits per heavy atom. The molecular weight excluding hydrogens is 237 g/mol. The molecule has 0 bridgehead atoms. The SMILES string of the molecule is O=C(c1ccc(F)cc1)C(Cl)(Cl)Cl. The number of halogens is 4. The molecule has 0 aromatic heterocycles. The van der Waals surface area contributed by atoms with Gasteiger partial charge in [0.25, 0.3) is 3.79 Å². The average molecular weight is 241 g/mol. The van der Waals surface area contributed by atoms with Gasteiger partial charge in [-0.1, -0.05) is 34.8 Å². The van der Waals surface area contributed by atoms with Gasteiger partial charge in [-0.05, 0) is 24.3 Å². The molecule has 0 amide bonds. The first kappa shape index (κ1) is 10.8. The minimum absolute atomic E-state index is 0.168. The predicted octanol–water partition coefficient (Wildman–Crippen LogP) is 3.38. The summed E-state index contributed by atoms with van der Waals surface area (Å²) < 4.78 is 10.4. The molecule has 0 N–H and O–H groups in total. The summed E-state index contributed by atoms with van der Waals surface area (Å²) in [6.07, 6.45) is 0. The summed E-state index contributed by atoms with van der Waals surface area (Å²) in [6, 6.07) is 4.78. The van der Waals surface area contributed by atoms with E-state index >= 15 is 0 Å². The molecule has 1 nitrogen and oxygen atoms in total. The Kier molecular flexibility index (Phi) is 3.17. The maximum Gasteiger partial charge on any atom is 0.253 e. The van der Waals surface area contributed by atoms with Crippen LogP contribution in [0.15, 0.2) is 24.3 Å². The number of hydrogen-bond donors (Lipinski definition) is 0. The van der Waals surface area contributed by atoms with Crippen LogP contribution >= 0.6 is 34.8 Å². The molecule has 0 saturated heterocycles. The first-order valence-corrected chi connectivity index (χ1v) is 4.42. The Balaban J connectivity index is 2.97. The fourth-order valence-corrected chi connectivity index (χ4v) is 1.09. The third-order valence-corrected chi connectivity index (χ3v) is 1.88. The number of Topliss-reactive ketones (excluding diaryl/α,β-unsaturated/α-hetero) is 1. The van der Waals surface area contributed by atoms with Crippen molar-refractivity contribution in [3.8, 4) is 0 Å². The van der Waals surface area contributed by atoms with Gasteiger partial charge < -0.3 is 0 Å². The van der Waals surface area contributed by atoms with Crippen molar-refractivity contribution in [2.45, 2.75) is 3.79 Å². The summed E-state index contributed by atoms with van der Waals surface area (Å²) in [5.74, 6) is -1.11. The molecule has 0 unspecified atom stereocenters. The molecule has 0 radical (unpaired) electrons. The van der Waals surface area contributed by atoms with Gasteiger partial charge in [-0.3, -0.25) is 4.79 Å². The summed E-state index contributed by atoms with van der Waals surface area (Å²) >= 11 is 16.0. The van der Waals surface area contributed by atoms with Crippen molar-refractivity contribution in [1.29, 1.82) is 0 Å². The smallest absolute Gasteiger partial charge is 0.253 e. The van der Waals surface area contributed by atoms with Crippen molar-refractivity contribution >= 4 is 40.6 Å². The first-order chi connectivity index (χ1) is 5.91. The zero-order valence-electron chi connectivity index (χ0n) is 6.23. The van der Waals surface area contributed by atoms with Crippen molar-refractivity contribution in [3.05, 3.63) is 35.6 Å². The molecule has 0 saturated carbocycles. The van der Waals surface area contributed by atoms with E-state index in [1.807, 2.05) is 0 Å². The van der Waals surface area contributed by atoms with Gasteiger partial charge in [0, 0.05) is 5.56 Å². The van der Waals surface area contributed by atoms with E-state index in [0.29, 0.717) is 0 Å². The third kappa shape index (κ3) is 2.83. The van der Waals surface area contributed by atoms with Crippen LogP contribution in [0.1, 0.15) is 10.4 Å². The highest BCUT2D eigenvalue weighted by Gasteiger charge is 2.31. The summed E-state index contributed by atoms with van der Waals surface area (Å²) in [5.41, 5.74) is 0.168. The molecule has 0 aliphatic carbocycles. The van der Waals surface area contributed by atoms with Crippen molar-refractivity contribution < 1.29 is 9.18 Å².